The Labute approximate surface area is 140 Å². The van der Waals surface area contributed by atoms with Crippen molar-refractivity contribution in [3.63, 3.8) is 0 Å². The van der Waals surface area contributed by atoms with Crippen LogP contribution in [0.3, 0.4) is 0 Å². The number of aromatic nitrogens is 2. The molecule has 0 bridgehead atoms. The van der Waals surface area contributed by atoms with Crippen LogP contribution in [0.5, 0.6) is 0 Å². The molecule has 22 heavy (non-hydrogen) atoms. The van der Waals surface area contributed by atoms with Crippen molar-refractivity contribution in [2.75, 3.05) is 0 Å². The lowest BCUT2D eigenvalue weighted by Crippen LogP contribution is -2.31. The molecule has 0 aliphatic carbocycles. The van der Waals surface area contributed by atoms with E-state index in [2.05, 4.69) is 64.5 Å². The first-order valence-electron chi connectivity index (χ1n) is 7.47. The Hall–Kier alpha value is -1.62. The second-order valence-corrected chi connectivity index (χ2v) is 6.37. The van der Waals surface area contributed by atoms with Crippen LogP contribution in [0.4, 0.5) is 0 Å². The van der Waals surface area contributed by atoms with Gasteiger partial charge in [0.2, 0.25) is 5.91 Å². The monoisotopic (exact) mass is 363 g/mol. The number of halogens is 1. The van der Waals surface area contributed by atoms with Crippen molar-refractivity contribution in [2.45, 2.75) is 46.7 Å². The third kappa shape index (κ3) is 3.77. The SMILES string of the molecule is CCC(NC(=O)Cn1nc(C)c(Br)c1C)c1ccc(C)cc1. The predicted molar refractivity (Wildman–Crippen MR) is 91.8 cm³/mol. The third-order valence-corrected chi connectivity index (χ3v) is 4.96. The van der Waals surface area contributed by atoms with E-state index >= 15 is 0 Å². The molecule has 0 saturated carbocycles. The Balaban J connectivity index is 2.06. The van der Waals surface area contributed by atoms with E-state index in [4.69, 9.17) is 0 Å². The van der Waals surface area contributed by atoms with Gasteiger partial charge in [-0.2, -0.15) is 5.10 Å². The first-order valence-corrected chi connectivity index (χ1v) is 8.27. The van der Waals surface area contributed by atoms with Crippen molar-refractivity contribution in [1.29, 1.82) is 0 Å². The summed E-state index contributed by atoms with van der Waals surface area (Å²) in [7, 11) is 0. The van der Waals surface area contributed by atoms with Crippen molar-refractivity contribution in [3.05, 3.63) is 51.3 Å². The van der Waals surface area contributed by atoms with Crippen LogP contribution in [-0.2, 0) is 11.3 Å². The highest BCUT2D eigenvalue weighted by Gasteiger charge is 2.15. The lowest BCUT2D eigenvalue weighted by Gasteiger charge is -2.18. The summed E-state index contributed by atoms with van der Waals surface area (Å²) in [4.78, 5) is 12.3. The van der Waals surface area contributed by atoms with Crippen molar-refractivity contribution in [3.8, 4) is 0 Å². The minimum atomic E-state index is -0.0227. The maximum atomic E-state index is 12.3. The Morgan fingerprint density at radius 1 is 1.27 bits per heavy atom. The van der Waals surface area contributed by atoms with Crippen molar-refractivity contribution in [2.24, 2.45) is 0 Å². The fraction of sp³-hybridized carbons (Fsp3) is 0.412. The maximum Gasteiger partial charge on any atom is 0.242 e. The van der Waals surface area contributed by atoms with E-state index < -0.39 is 0 Å². The maximum absolute atomic E-state index is 12.3. The smallest absolute Gasteiger partial charge is 0.242 e. The fourth-order valence-electron chi connectivity index (χ4n) is 2.42. The quantitative estimate of drug-likeness (QED) is 0.876. The fourth-order valence-corrected chi connectivity index (χ4v) is 2.71. The van der Waals surface area contributed by atoms with E-state index in [1.54, 1.807) is 4.68 Å². The largest absolute Gasteiger partial charge is 0.348 e. The highest BCUT2D eigenvalue weighted by molar-refractivity contribution is 9.10. The third-order valence-electron chi connectivity index (χ3n) is 3.81. The number of aryl methyl sites for hydroxylation is 2. The molecule has 1 atom stereocenters. The van der Waals surface area contributed by atoms with Crippen molar-refractivity contribution >= 4 is 21.8 Å². The van der Waals surface area contributed by atoms with Crippen LogP contribution < -0.4 is 5.32 Å². The molecule has 0 aliphatic rings. The molecule has 1 amide bonds. The summed E-state index contributed by atoms with van der Waals surface area (Å²) < 4.78 is 2.70. The number of benzene rings is 1. The normalized spacial score (nSPS) is 12.2. The molecule has 0 aliphatic heterocycles. The molecule has 1 aromatic carbocycles. The Bertz CT molecular complexity index is 661. The van der Waals surface area contributed by atoms with Gasteiger partial charge in [-0.15, -0.1) is 0 Å². The van der Waals surface area contributed by atoms with E-state index in [1.807, 2.05) is 13.8 Å². The number of hydrogen-bond acceptors (Lipinski definition) is 2. The molecule has 0 spiro atoms. The molecular formula is C17H22BrN3O. The summed E-state index contributed by atoms with van der Waals surface area (Å²) in [6.45, 7) is 8.25. The number of rotatable bonds is 5. The Kier molecular flexibility index (Phi) is 5.40. The van der Waals surface area contributed by atoms with Gasteiger partial charge in [0.05, 0.1) is 21.9 Å². The van der Waals surface area contributed by atoms with Gasteiger partial charge in [0.1, 0.15) is 6.54 Å². The van der Waals surface area contributed by atoms with E-state index in [9.17, 15) is 4.79 Å². The number of hydrogen-bond donors (Lipinski definition) is 1. The van der Waals surface area contributed by atoms with Gasteiger partial charge < -0.3 is 5.32 Å². The summed E-state index contributed by atoms with van der Waals surface area (Å²) in [6, 6.07) is 8.33. The Morgan fingerprint density at radius 3 is 2.41 bits per heavy atom. The first-order chi connectivity index (χ1) is 10.4. The minimum absolute atomic E-state index is 0.0227. The van der Waals surface area contributed by atoms with E-state index in [-0.39, 0.29) is 18.5 Å². The van der Waals surface area contributed by atoms with Crippen LogP contribution in [0.25, 0.3) is 0 Å². The second kappa shape index (κ2) is 7.09. The zero-order valence-corrected chi connectivity index (χ0v) is 15.1. The number of nitrogens with one attached hydrogen (secondary N) is 1. The predicted octanol–water partition coefficient (Wildman–Crippen LogP) is 3.84. The lowest BCUT2D eigenvalue weighted by molar-refractivity contribution is -0.122. The molecule has 2 aromatic rings. The Morgan fingerprint density at radius 2 is 1.91 bits per heavy atom. The number of nitrogens with zero attached hydrogens (tertiary/aromatic N) is 2. The first kappa shape index (κ1) is 16.7. The lowest BCUT2D eigenvalue weighted by atomic mass is 10.0. The van der Waals surface area contributed by atoms with Crippen LogP contribution in [-0.4, -0.2) is 15.7 Å². The molecule has 0 saturated heterocycles. The van der Waals surface area contributed by atoms with Gasteiger partial charge in [0.25, 0.3) is 0 Å². The van der Waals surface area contributed by atoms with E-state index in [0.717, 1.165) is 27.8 Å². The zero-order chi connectivity index (χ0) is 16.3. The zero-order valence-electron chi connectivity index (χ0n) is 13.5. The molecule has 2 rings (SSSR count). The molecule has 1 heterocycles. The van der Waals surface area contributed by atoms with Crippen molar-refractivity contribution in [1.82, 2.24) is 15.1 Å². The van der Waals surface area contributed by atoms with Crippen molar-refractivity contribution < 1.29 is 4.79 Å². The highest BCUT2D eigenvalue weighted by Crippen LogP contribution is 2.20. The van der Waals surface area contributed by atoms with E-state index in [0.29, 0.717) is 0 Å². The van der Waals surface area contributed by atoms with Gasteiger partial charge in [-0.3, -0.25) is 9.48 Å². The number of carbonyl (C=O) groups excluding carboxylic acids is 1. The van der Waals surface area contributed by atoms with Crippen LogP contribution in [0.2, 0.25) is 0 Å². The molecule has 1 aromatic heterocycles. The molecule has 0 fully saturated rings. The molecule has 1 unspecified atom stereocenters. The summed E-state index contributed by atoms with van der Waals surface area (Å²) >= 11 is 3.48. The molecule has 5 heteroatoms. The molecular weight excluding hydrogens is 342 g/mol. The highest BCUT2D eigenvalue weighted by atomic mass is 79.9. The van der Waals surface area contributed by atoms with Crippen LogP contribution in [0.1, 0.15) is 41.9 Å². The number of carbonyl (C=O) groups is 1. The topological polar surface area (TPSA) is 46.9 Å². The summed E-state index contributed by atoms with van der Waals surface area (Å²) in [5, 5.41) is 7.47. The van der Waals surface area contributed by atoms with Gasteiger partial charge in [-0.25, -0.2) is 0 Å². The molecule has 118 valence electrons. The molecule has 0 radical (unpaired) electrons. The summed E-state index contributed by atoms with van der Waals surface area (Å²) in [6.07, 6.45) is 0.857. The van der Waals surface area contributed by atoms with Gasteiger partial charge >= 0.3 is 0 Å². The van der Waals surface area contributed by atoms with Crippen LogP contribution >= 0.6 is 15.9 Å². The second-order valence-electron chi connectivity index (χ2n) is 5.58. The molecule has 1 N–H and O–H groups in total. The standard InChI is InChI=1S/C17H22BrN3O/c1-5-15(14-8-6-11(2)7-9-14)19-16(22)10-21-13(4)17(18)12(3)20-21/h6-9,15H,5,10H2,1-4H3,(H,19,22). The average molecular weight is 364 g/mol. The summed E-state index contributed by atoms with van der Waals surface area (Å²) in [5.74, 6) is -0.0227. The van der Waals surface area contributed by atoms with Gasteiger partial charge in [0, 0.05) is 0 Å². The summed E-state index contributed by atoms with van der Waals surface area (Å²) in [5.41, 5.74) is 4.22. The molecule has 4 nitrogen and oxygen atoms in total. The van der Waals surface area contributed by atoms with Gasteiger partial charge in [-0.05, 0) is 48.7 Å². The van der Waals surface area contributed by atoms with Crippen LogP contribution in [0, 0.1) is 20.8 Å². The van der Waals surface area contributed by atoms with Gasteiger partial charge in [0.15, 0.2) is 0 Å². The minimum Gasteiger partial charge on any atom is -0.348 e. The van der Waals surface area contributed by atoms with Crippen LogP contribution in [0.15, 0.2) is 28.7 Å². The average Bonchev–Trinajstić information content (AvgIpc) is 2.73. The van der Waals surface area contributed by atoms with Gasteiger partial charge in [-0.1, -0.05) is 36.8 Å². The van der Waals surface area contributed by atoms with E-state index in [1.165, 1.54) is 5.56 Å². The number of amides is 1.